The Morgan fingerprint density at radius 1 is 1.18 bits per heavy atom. The number of morpholine rings is 1. The summed E-state index contributed by atoms with van der Waals surface area (Å²) in [5.41, 5.74) is 2.39. The van der Waals surface area contributed by atoms with Crippen molar-refractivity contribution >= 4 is 5.95 Å². The molecule has 0 saturated carbocycles. The van der Waals surface area contributed by atoms with E-state index in [0.717, 1.165) is 16.9 Å². The van der Waals surface area contributed by atoms with Crippen molar-refractivity contribution in [1.82, 2.24) is 14.5 Å². The van der Waals surface area contributed by atoms with E-state index < -0.39 is 0 Å². The predicted octanol–water partition coefficient (Wildman–Crippen LogP) is 2.43. The fourth-order valence-corrected chi connectivity index (χ4v) is 3.43. The second-order valence-electron chi connectivity index (χ2n) is 6.62. The van der Waals surface area contributed by atoms with E-state index in [9.17, 15) is 4.79 Å². The highest BCUT2D eigenvalue weighted by Crippen LogP contribution is 2.31. The molecular formula is C21H22N4O3. The lowest BCUT2D eigenvalue weighted by molar-refractivity contribution is 0.0374. The number of anilines is 1. The quantitative estimate of drug-likeness (QED) is 0.695. The Morgan fingerprint density at radius 3 is 2.75 bits per heavy atom. The zero-order valence-electron chi connectivity index (χ0n) is 15.9. The summed E-state index contributed by atoms with van der Waals surface area (Å²) in [6, 6.07) is 13.1. The van der Waals surface area contributed by atoms with Crippen LogP contribution in [0.2, 0.25) is 0 Å². The van der Waals surface area contributed by atoms with Gasteiger partial charge in [-0.05, 0) is 18.2 Å². The van der Waals surface area contributed by atoms with Crippen molar-refractivity contribution in [3.05, 3.63) is 70.8 Å². The van der Waals surface area contributed by atoms with Gasteiger partial charge in [0, 0.05) is 43.2 Å². The van der Waals surface area contributed by atoms with Crippen LogP contribution in [0.4, 0.5) is 5.95 Å². The molecule has 1 aliphatic rings. The zero-order valence-corrected chi connectivity index (χ0v) is 15.9. The molecule has 7 heteroatoms. The van der Waals surface area contributed by atoms with E-state index in [1.54, 1.807) is 37.2 Å². The van der Waals surface area contributed by atoms with Crippen LogP contribution in [0.3, 0.4) is 0 Å². The summed E-state index contributed by atoms with van der Waals surface area (Å²) in [6.07, 6.45) is 3.23. The lowest BCUT2D eigenvalue weighted by Crippen LogP contribution is -2.41. The van der Waals surface area contributed by atoms with Gasteiger partial charge in [0.2, 0.25) is 5.95 Å². The largest absolute Gasteiger partial charge is 0.496 e. The van der Waals surface area contributed by atoms with E-state index in [0.29, 0.717) is 31.3 Å². The van der Waals surface area contributed by atoms with Gasteiger partial charge in [-0.15, -0.1) is 0 Å². The molecule has 0 bridgehead atoms. The summed E-state index contributed by atoms with van der Waals surface area (Å²) >= 11 is 0. The van der Waals surface area contributed by atoms with Crippen LogP contribution in [0, 0.1) is 0 Å². The second-order valence-corrected chi connectivity index (χ2v) is 6.62. The lowest BCUT2D eigenvalue weighted by Gasteiger charge is -2.35. The maximum Gasteiger partial charge on any atom is 0.255 e. The van der Waals surface area contributed by atoms with Gasteiger partial charge in [0.1, 0.15) is 11.9 Å². The summed E-state index contributed by atoms with van der Waals surface area (Å²) < 4.78 is 13.1. The number of hydrogen-bond donors (Lipinski definition) is 0. The number of methoxy groups -OCH3 is 1. The first-order chi connectivity index (χ1) is 13.7. The molecule has 1 saturated heterocycles. The molecule has 3 heterocycles. The highest BCUT2D eigenvalue weighted by Gasteiger charge is 2.27. The molecule has 4 rings (SSSR count). The van der Waals surface area contributed by atoms with Gasteiger partial charge < -0.3 is 14.4 Å². The lowest BCUT2D eigenvalue weighted by atomic mass is 10.1. The highest BCUT2D eigenvalue weighted by molar-refractivity contribution is 5.59. The van der Waals surface area contributed by atoms with E-state index in [-0.39, 0.29) is 11.7 Å². The Morgan fingerprint density at radius 2 is 1.96 bits per heavy atom. The fourth-order valence-electron chi connectivity index (χ4n) is 3.43. The van der Waals surface area contributed by atoms with Crippen molar-refractivity contribution in [2.75, 3.05) is 31.7 Å². The summed E-state index contributed by atoms with van der Waals surface area (Å²) in [6.45, 7) is 1.78. The summed E-state index contributed by atoms with van der Waals surface area (Å²) in [5, 5.41) is 0. The third-order valence-corrected chi connectivity index (χ3v) is 4.92. The first-order valence-electron chi connectivity index (χ1n) is 9.15. The van der Waals surface area contributed by atoms with Gasteiger partial charge in [0.05, 0.1) is 26.0 Å². The first kappa shape index (κ1) is 18.2. The molecule has 28 heavy (non-hydrogen) atoms. The minimum Gasteiger partial charge on any atom is -0.496 e. The molecule has 1 aromatic carbocycles. The molecular weight excluding hydrogens is 356 g/mol. The summed E-state index contributed by atoms with van der Waals surface area (Å²) in [4.78, 5) is 23.5. The first-order valence-corrected chi connectivity index (χ1v) is 9.15. The summed E-state index contributed by atoms with van der Waals surface area (Å²) in [5.74, 6) is 1.42. The molecule has 0 N–H and O–H groups in total. The van der Waals surface area contributed by atoms with Gasteiger partial charge in [-0.2, -0.15) is 0 Å². The van der Waals surface area contributed by atoms with Crippen LogP contribution in [-0.2, 0) is 11.8 Å². The van der Waals surface area contributed by atoms with Gasteiger partial charge in [-0.1, -0.05) is 18.2 Å². The molecule has 1 atom stereocenters. The van der Waals surface area contributed by atoms with Crippen LogP contribution in [0.5, 0.6) is 5.75 Å². The van der Waals surface area contributed by atoms with Crippen molar-refractivity contribution < 1.29 is 9.47 Å². The number of nitrogens with zero attached hydrogens (tertiary/aromatic N) is 4. The van der Waals surface area contributed by atoms with Crippen molar-refractivity contribution in [2.24, 2.45) is 7.05 Å². The molecule has 0 aliphatic carbocycles. The highest BCUT2D eigenvalue weighted by atomic mass is 16.5. The number of benzene rings is 1. The maximum absolute atomic E-state index is 12.6. The number of aromatic nitrogens is 3. The maximum atomic E-state index is 12.6. The van der Waals surface area contributed by atoms with Crippen LogP contribution in [0.25, 0.3) is 11.3 Å². The fraction of sp³-hybridized carbons (Fsp3) is 0.286. The van der Waals surface area contributed by atoms with Crippen LogP contribution < -0.4 is 15.2 Å². The van der Waals surface area contributed by atoms with E-state index in [4.69, 9.17) is 14.5 Å². The topological polar surface area (TPSA) is 69.5 Å². The van der Waals surface area contributed by atoms with Gasteiger partial charge in [0.15, 0.2) is 0 Å². The Kier molecular flexibility index (Phi) is 5.08. The minimum atomic E-state index is -0.161. The van der Waals surface area contributed by atoms with E-state index in [1.807, 2.05) is 36.4 Å². The van der Waals surface area contributed by atoms with E-state index >= 15 is 0 Å². The molecule has 0 unspecified atom stereocenters. The van der Waals surface area contributed by atoms with E-state index in [1.165, 1.54) is 0 Å². The third-order valence-electron chi connectivity index (χ3n) is 4.92. The Labute approximate surface area is 163 Å². The molecule has 1 fully saturated rings. The standard InChI is InChI=1S/C21H22N4O3/c1-24-20(26)13-17(15-7-9-22-10-8-15)23-21(24)25-11-12-28-19(14-25)16-5-3-4-6-18(16)27-2/h3-10,13,19H,11-12,14H2,1-2H3/t19-/m0/s1. The van der Waals surface area contributed by atoms with Gasteiger partial charge >= 0.3 is 0 Å². The van der Waals surface area contributed by atoms with Crippen molar-refractivity contribution in [3.63, 3.8) is 0 Å². The average Bonchev–Trinajstić information content (AvgIpc) is 2.76. The number of rotatable bonds is 4. The van der Waals surface area contributed by atoms with Gasteiger partial charge in [-0.25, -0.2) is 4.98 Å². The van der Waals surface area contributed by atoms with Gasteiger partial charge in [-0.3, -0.25) is 14.3 Å². The Hall–Kier alpha value is -3.19. The Balaban J connectivity index is 1.69. The SMILES string of the molecule is COc1ccccc1[C@@H]1CN(c2nc(-c3ccncc3)cc(=O)n2C)CCO1. The molecule has 1 aliphatic heterocycles. The van der Waals surface area contributed by atoms with Crippen LogP contribution in [0.15, 0.2) is 59.7 Å². The van der Waals surface area contributed by atoms with Crippen LogP contribution in [0.1, 0.15) is 11.7 Å². The average molecular weight is 378 g/mol. The van der Waals surface area contributed by atoms with Crippen molar-refractivity contribution in [2.45, 2.75) is 6.10 Å². The molecule has 0 spiro atoms. The molecule has 2 aromatic heterocycles. The molecule has 3 aromatic rings. The number of hydrogen-bond acceptors (Lipinski definition) is 6. The van der Waals surface area contributed by atoms with Gasteiger partial charge in [0.25, 0.3) is 5.56 Å². The smallest absolute Gasteiger partial charge is 0.255 e. The molecule has 0 amide bonds. The van der Waals surface area contributed by atoms with Crippen LogP contribution >= 0.6 is 0 Å². The second kappa shape index (κ2) is 7.82. The summed E-state index contributed by atoms with van der Waals surface area (Å²) in [7, 11) is 3.40. The molecule has 144 valence electrons. The van der Waals surface area contributed by atoms with Crippen LogP contribution in [-0.4, -0.2) is 41.3 Å². The monoisotopic (exact) mass is 378 g/mol. The van der Waals surface area contributed by atoms with Crippen molar-refractivity contribution in [1.29, 1.82) is 0 Å². The zero-order chi connectivity index (χ0) is 19.5. The number of para-hydroxylation sites is 1. The number of pyridine rings is 1. The predicted molar refractivity (Wildman–Crippen MR) is 107 cm³/mol. The Bertz CT molecular complexity index is 1020. The normalized spacial score (nSPS) is 16.8. The minimum absolute atomic E-state index is 0.0999. The number of ether oxygens (including phenoxy) is 2. The molecule has 7 nitrogen and oxygen atoms in total. The van der Waals surface area contributed by atoms with E-state index in [2.05, 4.69) is 9.88 Å². The van der Waals surface area contributed by atoms with Crippen molar-refractivity contribution in [3.8, 4) is 17.0 Å². The third kappa shape index (κ3) is 3.48. The molecule has 0 radical (unpaired) electrons.